The second kappa shape index (κ2) is 6.11. The number of carbonyl (C=O) groups excluding carboxylic acids is 1. The van der Waals surface area contributed by atoms with Crippen molar-refractivity contribution >= 4 is 21.8 Å². The molecule has 2 fully saturated rings. The fourth-order valence-corrected chi connectivity index (χ4v) is 4.48. The maximum Gasteiger partial charge on any atom is 0.222 e. The van der Waals surface area contributed by atoms with Crippen LogP contribution in [0.5, 0.6) is 0 Å². The average Bonchev–Trinajstić information content (AvgIpc) is 3.13. The number of hydrogen-bond donors (Lipinski definition) is 1. The van der Waals surface area contributed by atoms with Gasteiger partial charge in [-0.15, -0.1) is 0 Å². The number of nitrogens with zero attached hydrogens (tertiary/aromatic N) is 2. The standard InChI is InChI=1S/C16H24BrN3O/c1-10(14-8-12-3-4-13(14)7-12)18-16(21)5-6-20-9-15(17)11(2)19-20/h9-10,12-14H,3-8H2,1-2H3,(H,18,21)/t10-,12-,13-,14-/m0/s1. The number of fused-ring (bicyclic) bond motifs is 2. The van der Waals surface area contributed by atoms with Gasteiger partial charge in [-0.1, -0.05) is 6.42 Å². The largest absolute Gasteiger partial charge is 0.353 e. The van der Waals surface area contributed by atoms with Crippen molar-refractivity contribution in [2.45, 2.75) is 58.5 Å². The second-order valence-corrected chi connectivity index (χ2v) is 7.62. The highest BCUT2D eigenvalue weighted by Gasteiger charge is 2.42. The molecule has 0 aliphatic heterocycles. The molecule has 2 aliphatic carbocycles. The van der Waals surface area contributed by atoms with E-state index < -0.39 is 0 Å². The van der Waals surface area contributed by atoms with Gasteiger partial charge < -0.3 is 5.32 Å². The first kappa shape index (κ1) is 15.1. The Hall–Kier alpha value is -0.840. The van der Waals surface area contributed by atoms with Crippen molar-refractivity contribution in [3.05, 3.63) is 16.4 Å². The summed E-state index contributed by atoms with van der Waals surface area (Å²) in [6.07, 6.45) is 7.93. The van der Waals surface area contributed by atoms with Crippen LogP contribution in [0.25, 0.3) is 0 Å². The molecule has 3 rings (SSSR count). The summed E-state index contributed by atoms with van der Waals surface area (Å²) < 4.78 is 2.83. The lowest BCUT2D eigenvalue weighted by Crippen LogP contribution is -2.40. The monoisotopic (exact) mass is 353 g/mol. The van der Waals surface area contributed by atoms with Crippen molar-refractivity contribution in [1.29, 1.82) is 0 Å². The predicted octanol–water partition coefficient (Wildman–Crippen LogP) is 3.29. The van der Waals surface area contributed by atoms with Gasteiger partial charge in [0.15, 0.2) is 0 Å². The molecule has 2 saturated carbocycles. The number of carbonyl (C=O) groups is 1. The normalized spacial score (nSPS) is 28.8. The highest BCUT2D eigenvalue weighted by Crippen LogP contribution is 2.49. The summed E-state index contributed by atoms with van der Waals surface area (Å²) in [5.41, 5.74) is 0.964. The van der Waals surface area contributed by atoms with Gasteiger partial charge in [0, 0.05) is 25.2 Å². The van der Waals surface area contributed by atoms with Crippen molar-refractivity contribution in [1.82, 2.24) is 15.1 Å². The fraction of sp³-hybridized carbons (Fsp3) is 0.750. The molecule has 1 amide bonds. The lowest BCUT2D eigenvalue weighted by molar-refractivity contribution is -0.122. The van der Waals surface area contributed by atoms with Crippen LogP contribution in [0.3, 0.4) is 0 Å². The first-order valence-electron chi connectivity index (χ1n) is 8.02. The van der Waals surface area contributed by atoms with E-state index in [1.807, 2.05) is 17.8 Å². The molecular weight excluding hydrogens is 330 g/mol. The number of rotatable bonds is 5. The van der Waals surface area contributed by atoms with Crippen molar-refractivity contribution in [2.24, 2.45) is 17.8 Å². The SMILES string of the molecule is Cc1nn(CCC(=O)N[C@@H](C)[C@@H]2C[C@H]3CC[C@H]2C3)cc1Br. The molecule has 0 unspecified atom stereocenters. The van der Waals surface area contributed by atoms with Crippen LogP contribution in [-0.4, -0.2) is 21.7 Å². The third-order valence-corrected chi connectivity index (χ3v) is 6.06. The molecule has 4 atom stereocenters. The summed E-state index contributed by atoms with van der Waals surface area (Å²) in [5.74, 6) is 2.64. The van der Waals surface area contributed by atoms with Crippen LogP contribution in [0, 0.1) is 24.7 Å². The van der Waals surface area contributed by atoms with Gasteiger partial charge in [-0.3, -0.25) is 9.48 Å². The van der Waals surface area contributed by atoms with E-state index in [4.69, 9.17) is 0 Å². The number of nitrogens with one attached hydrogen (secondary N) is 1. The van der Waals surface area contributed by atoms with Crippen LogP contribution in [-0.2, 0) is 11.3 Å². The average molecular weight is 354 g/mol. The van der Waals surface area contributed by atoms with Gasteiger partial charge in [0.1, 0.15) is 0 Å². The van der Waals surface area contributed by atoms with Gasteiger partial charge in [-0.2, -0.15) is 5.10 Å². The maximum atomic E-state index is 12.1. The van der Waals surface area contributed by atoms with E-state index in [-0.39, 0.29) is 5.91 Å². The first-order valence-corrected chi connectivity index (χ1v) is 8.81. The van der Waals surface area contributed by atoms with Gasteiger partial charge in [0.05, 0.1) is 10.2 Å². The summed E-state index contributed by atoms with van der Waals surface area (Å²) in [4.78, 5) is 12.1. The van der Waals surface area contributed by atoms with E-state index in [0.717, 1.165) is 22.0 Å². The second-order valence-electron chi connectivity index (χ2n) is 6.77. The smallest absolute Gasteiger partial charge is 0.222 e. The molecule has 2 aliphatic rings. The zero-order valence-electron chi connectivity index (χ0n) is 12.8. The lowest BCUT2D eigenvalue weighted by atomic mass is 9.84. The van der Waals surface area contributed by atoms with Crippen molar-refractivity contribution < 1.29 is 4.79 Å². The van der Waals surface area contributed by atoms with Crippen molar-refractivity contribution in [3.63, 3.8) is 0 Å². The van der Waals surface area contributed by atoms with Crippen molar-refractivity contribution in [2.75, 3.05) is 0 Å². The third-order valence-electron chi connectivity index (χ3n) is 5.28. The number of hydrogen-bond acceptors (Lipinski definition) is 2. The molecule has 0 spiro atoms. The summed E-state index contributed by atoms with van der Waals surface area (Å²) >= 11 is 3.44. The highest BCUT2D eigenvalue weighted by molar-refractivity contribution is 9.10. The summed E-state index contributed by atoms with van der Waals surface area (Å²) in [5, 5.41) is 7.57. The zero-order chi connectivity index (χ0) is 15.0. The van der Waals surface area contributed by atoms with Gasteiger partial charge in [-0.05, 0) is 66.8 Å². The van der Waals surface area contributed by atoms with Gasteiger partial charge in [0.25, 0.3) is 0 Å². The van der Waals surface area contributed by atoms with Gasteiger partial charge in [-0.25, -0.2) is 0 Å². The molecule has 0 saturated heterocycles. The topological polar surface area (TPSA) is 46.9 Å². The molecule has 1 N–H and O–H groups in total. The minimum atomic E-state index is 0.148. The van der Waals surface area contributed by atoms with Crippen molar-refractivity contribution in [3.8, 4) is 0 Å². The molecule has 4 nitrogen and oxygen atoms in total. The summed E-state index contributed by atoms with van der Waals surface area (Å²) in [7, 11) is 0. The van der Waals surface area contributed by atoms with E-state index in [9.17, 15) is 4.79 Å². The predicted molar refractivity (Wildman–Crippen MR) is 85.8 cm³/mol. The van der Waals surface area contributed by atoms with E-state index in [2.05, 4.69) is 33.3 Å². The van der Waals surface area contributed by atoms with Crippen LogP contribution in [0.2, 0.25) is 0 Å². The molecule has 1 heterocycles. The van der Waals surface area contributed by atoms with Crippen LogP contribution < -0.4 is 5.32 Å². The van der Waals surface area contributed by atoms with Crippen LogP contribution >= 0.6 is 15.9 Å². The Bertz CT molecular complexity index is 508. The molecule has 1 aromatic heterocycles. The minimum Gasteiger partial charge on any atom is -0.353 e. The molecule has 0 radical (unpaired) electrons. The molecule has 21 heavy (non-hydrogen) atoms. The number of amides is 1. The number of aromatic nitrogens is 2. The van der Waals surface area contributed by atoms with Crippen LogP contribution in [0.1, 0.15) is 44.7 Å². The molecule has 116 valence electrons. The molecule has 2 bridgehead atoms. The van der Waals surface area contributed by atoms with E-state index in [1.54, 1.807) is 0 Å². The lowest BCUT2D eigenvalue weighted by Gasteiger charge is -2.28. The Morgan fingerprint density at radius 1 is 1.52 bits per heavy atom. The van der Waals surface area contributed by atoms with E-state index in [1.165, 1.54) is 25.7 Å². The van der Waals surface area contributed by atoms with Crippen LogP contribution in [0.15, 0.2) is 10.7 Å². The van der Waals surface area contributed by atoms with Crippen LogP contribution in [0.4, 0.5) is 0 Å². The Balaban J connectivity index is 1.45. The first-order chi connectivity index (χ1) is 10.0. The van der Waals surface area contributed by atoms with Gasteiger partial charge in [0.2, 0.25) is 5.91 Å². The molecule has 5 heteroatoms. The molecule has 0 aromatic carbocycles. The Morgan fingerprint density at radius 2 is 2.33 bits per heavy atom. The number of aryl methyl sites for hydroxylation is 2. The third kappa shape index (κ3) is 3.33. The molecular formula is C16H24BrN3O. The molecule has 1 aromatic rings. The van der Waals surface area contributed by atoms with E-state index >= 15 is 0 Å². The summed E-state index contributed by atoms with van der Waals surface area (Å²) in [6, 6.07) is 0.318. The Kier molecular flexibility index (Phi) is 4.38. The quantitative estimate of drug-likeness (QED) is 0.882. The maximum absolute atomic E-state index is 12.1. The Labute approximate surface area is 134 Å². The van der Waals surface area contributed by atoms with Gasteiger partial charge >= 0.3 is 0 Å². The Morgan fingerprint density at radius 3 is 2.90 bits per heavy atom. The minimum absolute atomic E-state index is 0.148. The highest BCUT2D eigenvalue weighted by atomic mass is 79.9. The summed E-state index contributed by atoms with van der Waals surface area (Å²) in [6.45, 7) is 4.78. The zero-order valence-corrected chi connectivity index (χ0v) is 14.4. The number of halogens is 1. The van der Waals surface area contributed by atoms with E-state index in [0.29, 0.717) is 24.9 Å². The fourth-order valence-electron chi connectivity index (χ4n) is 4.16.